The average molecular weight is 283 g/mol. The molecule has 0 radical (unpaired) electrons. The average Bonchev–Trinajstić information content (AvgIpc) is 3.05. The molecule has 108 valence electrons. The van der Waals surface area contributed by atoms with Gasteiger partial charge in [-0.05, 0) is 26.0 Å². The number of oxazole rings is 1. The Labute approximate surface area is 123 Å². The number of anilines is 1. The van der Waals surface area contributed by atoms with Gasteiger partial charge in [0.15, 0.2) is 5.89 Å². The third-order valence-electron chi connectivity index (χ3n) is 3.45. The van der Waals surface area contributed by atoms with Crippen molar-refractivity contribution in [1.29, 1.82) is 0 Å². The Morgan fingerprint density at radius 1 is 1.10 bits per heavy atom. The quantitative estimate of drug-likeness (QED) is 0.787. The zero-order valence-electron chi connectivity index (χ0n) is 12.3. The molecule has 0 spiro atoms. The van der Waals surface area contributed by atoms with Gasteiger partial charge in [0.25, 0.3) is 0 Å². The van der Waals surface area contributed by atoms with Crippen molar-refractivity contribution in [3.63, 3.8) is 0 Å². The fourth-order valence-corrected chi connectivity index (χ4v) is 2.20. The molecule has 3 aromatic rings. The summed E-state index contributed by atoms with van der Waals surface area (Å²) in [5.74, 6) is 1.53. The highest BCUT2D eigenvalue weighted by Gasteiger charge is 2.08. The summed E-state index contributed by atoms with van der Waals surface area (Å²) in [4.78, 5) is 4.31. The lowest BCUT2D eigenvalue weighted by atomic mass is 10.1. The van der Waals surface area contributed by atoms with Crippen LogP contribution < -0.4 is 5.32 Å². The lowest BCUT2D eigenvalue weighted by Crippen LogP contribution is -2.01. The highest BCUT2D eigenvalue weighted by molar-refractivity contribution is 5.61. The molecule has 1 N–H and O–H groups in total. The third kappa shape index (κ3) is 2.81. The SMILES string of the molecule is Cc1nc(-c2ccc(NCc3c(C)noc3C)cc2)co1. The molecule has 0 aliphatic carbocycles. The zero-order chi connectivity index (χ0) is 14.8. The van der Waals surface area contributed by atoms with E-state index in [1.54, 1.807) is 6.26 Å². The van der Waals surface area contributed by atoms with Gasteiger partial charge in [0.05, 0.1) is 5.69 Å². The van der Waals surface area contributed by atoms with Gasteiger partial charge in [-0.2, -0.15) is 0 Å². The lowest BCUT2D eigenvalue weighted by molar-refractivity contribution is 0.392. The summed E-state index contributed by atoms with van der Waals surface area (Å²) >= 11 is 0. The van der Waals surface area contributed by atoms with E-state index in [1.807, 2.05) is 45.0 Å². The van der Waals surface area contributed by atoms with Crippen LogP contribution in [0.25, 0.3) is 11.3 Å². The monoisotopic (exact) mass is 283 g/mol. The molecule has 21 heavy (non-hydrogen) atoms. The molecule has 0 aliphatic heterocycles. The molecular weight excluding hydrogens is 266 g/mol. The normalized spacial score (nSPS) is 10.8. The Kier molecular flexibility index (Phi) is 3.48. The standard InChI is InChI=1S/C16H17N3O2/c1-10-15(11(2)21-19-10)8-17-14-6-4-13(5-7-14)16-9-20-12(3)18-16/h4-7,9,17H,8H2,1-3H3. The Morgan fingerprint density at radius 3 is 2.43 bits per heavy atom. The molecular formula is C16H17N3O2. The van der Waals surface area contributed by atoms with Gasteiger partial charge in [-0.25, -0.2) is 4.98 Å². The van der Waals surface area contributed by atoms with Gasteiger partial charge < -0.3 is 14.3 Å². The fraction of sp³-hybridized carbons (Fsp3) is 0.250. The first-order valence-corrected chi connectivity index (χ1v) is 6.81. The van der Waals surface area contributed by atoms with Gasteiger partial charge in [0, 0.05) is 30.3 Å². The Balaban J connectivity index is 1.70. The van der Waals surface area contributed by atoms with Crippen molar-refractivity contribution in [3.05, 3.63) is 53.4 Å². The molecule has 3 rings (SSSR count). The molecule has 0 saturated carbocycles. The Hall–Kier alpha value is -2.56. The number of nitrogens with zero attached hydrogens (tertiary/aromatic N) is 2. The molecule has 0 aliphatic rings. The van der Waals surface area contributed by atoms with E-state index >= 15 is 0 Å². The van der Waals surface area contributed by atoms with Gasteiger partial charge in [-0.1, -0.05) is 17.3 Å². The maximum atomic E-state index is 5.23. The maximum absolute atomic E-state index is 5.23. The highest BCUT2D eigenvalue weighted by atomic mass is 16.5. The van der Waals surface area contributed by atoms with Crippen molar-refractivity contribution in [2.75, 3.05) is 5.32 Å². The molecule has 2 aromatic heterocycles. The summed E-state index contributed by atoms with van der Waals surface area (Å²) in [6.07, 6.45) is 1.67. The fourth-order valence-electron chi connectivity index (χ4n) is 2.20. The lowest BCUT2D eigenvalue weighted by Gasteiger charge is -2.06. The number of nitrogens with one attached hydrogen (secondary N) is 1. The summed E-state index contributed by atoms with van der Waals surface area (Å²) in [7, 11) is 0. The summed E-state index contributed by atoms with van der Waals surface area (Å²) in [5.41, 5.74) is 4.96. The van der Waals surface area contributed by atoms with E-state index in [1.165, 1.54) is 0 Å². The van der Waals surface area contributed by atoms with Gasteiger partial charge in [0.2, 0.25) is 0 Å². The number of hydrogen-bond acceptors (Lipinski definition) is 5. The van der Waals surface area contributed by atoms with Gasteiger partial charge in [-0.15, -0.1) is 0 Å². The first kappa shape index (κ1) is 13.4. The van der Waals surface area contributed by atoms with Crippen molar-refractivity contribution in [1.82, 2.24) is 10.1 Å². The molecule has 1 aromatic carbocycles. The number of aryl methyl sites for hydroxylation is 3. The molecule has 0 bridgehead atoms. The third-order valence-corrected chi connectivity index (χ3v) is 3.45. The number of rotatable bonds is 4. The molecule has 0 atom stereocenters. The largest absolute Gasteiger partial charge is 0.449 e. The molecule has 0 amide bonds. The summed E-state index contributed by atoms with van der Waals surface area (Å²) in [5, 5.41) is 7.32. The Morgan fingerprint density at radius 2 is 1.86 bits per heavy atom. The second-order valence-electron chi connectivity index (χ2n) is 4.99. The van der Waals surface area contributed by atoms with Gasteiger partial charge in [-0.3, -0.25) is 0 Å². The number of benzene rings is 1. The molecule has 0 saturated heterocycles. The van der Waals surface area contributed by atoms with Gasteiger partial charge >= 0.3 is 0 Å². The van der Waals surface area contributed by atoms with E-state index in [4.69, 9.17) is 8.94 Å². The molecule has 2 heterocycles. The second-order valence-corrected chi connectivity index (χ2v) is 4.99. The van der Waals surface area contributed by atoms with Crippen molar-refractivity contribution >= 4 is 5.69 Å². The van der Waals surface area contributed by atoms with Crippen LogP contribution in [0.15, 0.2) is 39.5 Å². The number of aromatic nitrogens is 2. The van der Waals surface area contributed by atoms with Gasteiger partial charge in [0.1, 0.15) is 17.7 Å². The van der Waals surface area contributed by atoms with Crippen LogP contribution in [0.3, 0.4) is 0 Å². The minimum Gasteiger partial charge on any atom is -0.449 e. The first-order valence-electron chi connectivity index (χ1n) is 6.81. The van der Waals surface area contributed by atoms with E-state index in [9.17, 15) is 0 Å². The molecule has 0 unspecified atom stereocenters. The van der Waals surface area contributed by atoms with Crippen LogP contribution >= 0.6 is 0 Å². The van der Waals surface area contributed by atoms with Crippen LogP contribution in [0, 0.1) is 20.8 Å². The Bertz CT molecular complexity index is 722. The van der Waals surface area contributed by atoms with Crippen LogP contribution in [0.4, 0.5) is 5.69 Å². The van der Waals surface area contributed by atoms with Crippen LogP contribution in [-0.2, 0) is 6.54 Å². The summed E-state index contributed by atoms with van der Waals surface area (Å²) in [6.45, 7) is 6.41. The molecule has 5 heteroatoms. The number of hydrogen-bond donors (Lipinski definition) is 1. The predicted octanol–water partition coefficient (Wildman–Crippen LogP) is 3.87. The smallest absolute Gasteiger partial charge is 0.191 e. The van der Waals surface area contributed by atoms with E-state index in [0.717, 1.165) is 34.0 Å². The highest BCUT2D eigenvalue weighted by Crippen LogP contribution is 2.21. The van der Waals surface area contributed by atoms with Crippen LogP contribution in [0.5, 0.6) is 0 Å². The van der Waals surface area contributed by atoms with Crippen LogP contribution in [0.1, 0.15) is 22.9 Å². The predicted molar refractivity (Wildman–Crippen MR) is 80.0 cm³/mol. The summed E-state index contributed by atoms with van der Waals surface area (Å²) < 4.78 is 10.4. The molecule has 0 fully saturated rings. The molecule has 5 nitrogen and oxygen atoms in total. The van der Waals surface area contributed by atoms with E-state index in [2.05, 4.69) is 15.5 Å². The minimum absolute atomic E-state index is 0.672. The van der Waals surface area contributed by atoms with Crippen molar-refractivity contribution in [3.8, 4) is 11.3 Å². The first-order chi connectivity index (χ1) is 10.1. The van der Waals surface area contributed by atoms with E-state index in [-0.39, 0.29) is 0 Å². The van der Waals surface area contributed by atoms with E-state index < -0.39 is 0 Å². The van der Waals surface area contributed by atoms with E-state index in [0.29, 0.717) is 12.4 Å². The zero-order valence-corrected chi connectivity index (χ0v) is 12.3. The van der Waals surface area contributed by atoms with Crippen molar-refractivity contribution in [2.24, 2.45) is 0 Å². The van der Waals surface area contributed by atoms with Crippen molar-refractivity contribution in [2.45, 2.75) is 27.3 Å². The van der Waals surface area contributed by atoms with Crippen molar-refractivity contribution < 1.29 is 8.94 Å². The second kappa shape index (κ2) is 5.44. The van der Waals surface area contributed by atoms with Crippen LogP contribution in [-0.4, -0.2) is 10.1 Å². The maximum Gasteiger partial charge on any atom is 0.191 e. The topological polar surface area (TPSA) is 64.1 Å². The summed E-state index contributed by atoms with van der Waals surface area (Å²) in [6, 6.07) is 8.09. The minimum atomic E-state index is 0.672. The van der Waals surface area contributed by atoms with Crippen LogP contribution in [0.2, 0.25) is 0 Å².